The molecule has 0 aromatic carbocycles. The average Bonchev–Trinajstić information content (AvgIpc) is 2.95. The van der Waals surface area contributed by atoms with E-state index >= 15 is 0 Å². The summed E-state index contributed by atoms with van der Waals surface area (Å²) in [5.41, 5.74) is 5.41. The molecule has 1 rings (SSSR count). The SMILES string of the molecule is NCCCNCCCCNCCCNC(=O)[C@@H]1CCC(=O)N1. The summed E-state index contributed by atoms with van der Waals surface area (Å²) in [5.74, 6) is -0.0891. The second-order valence-electron chi connectivity index (χ2n) is 5.65. The highest BCUT2D eigenvalue weighted by atomic mass is 16.2. The van der Waals surface area contributed by atoms with Gasteiger partial charge in [0, 0.05) is 13.0 Å². The molecule has 0 aromatic rings. The highest BCUT2D eigenvalue weighted by Crippen LogP contribution is 2.05. The van der Waals surface area contributed by atoms with Gasteiger partial charge in [0.15, 0.2) is 0 Å². The second kappa shape index (κ2) is 12.4. The Bertz CT molecular complexity index is 325. The molecular weight excluding hydrogens is 282 g/mol. The summed E-state index contributed by atoms with van der Waals surface area (Å²) in [6.07, 6.45) is 5.32. The van der Waals surface area contributed by atoms with Crippen LogP contribution in [0, 0.1) is 0 Å². The van der Waals surface area contributed by atoms with Crippen molar-refractivity contribution in [1.82, 2.24) is 21.3 Å². The predicted octanol–water partition coefficient (Wildman–Crippen LogP) is -0.920. The van der Waals surface area contributed by atoms with Gasteiger partial charge in [0.25, 0.3) is 0 Å². The highest BCUT2D eigenvalue weighted by molar-refractivity contribution is 5.90. The van der Waals surface area contributed by atoms with E-state index in [0.717, 1.165) is 58.4 Å². The minimum Gasteiger partial charge on any atom is -0.354 e. The van der Waals surface area contributed by atoms with E-state index in [4.69, 9.17) is 5.73 Å². The van der Waals surface area contributed by atoms with Crippen molar-refractivity contribution in [1.29, 1.82) is 0 Å². The first-order chi connectivity index (χ1) is 10.7. The molecule has 22 heavy (non-hydrogen) atoms. The quantitative estimate of drug-likeness (QED) is 0.283. The molecule has 1 heterocycles. The van der Waals surface area contributed by atoms with Crippen LogP contribution < -0.4 is 27.0 Å². The van der Waals surface area contributed by atoms with Gasteiger partial charge in [-0.05, 0) is 64.8 Å². The van der Waals surface area contributed by atoms with Crippen LogP contribution in [0.3, 0.4) is 0 Å². The molecule has 128 valence electrons. The van der Waals surface area contributed by atoms with Gasteiger partial charge in [0.2, 0.25) is 11.8 Å². The summed E-state index contributed by atoms with van der Waals surface area (Å²) >= 11 is 0. The lowest BCUT2D eigenvalue weighted by Gasteiger charge is -2.11. The van der Waals surface area contributed by atoms with E-state index in [2.05, 4.69) is 21.3 Å². The fourth-order valence-corrected chi connectivity index (χ4v) is 2.34. The van der Waals surface area contributed by atoms with Gasteiger partial charge in [-0.2, -0.15) is 0 Å². The van der Waals surface area contributed by atoms with E-state index in [1.54, 1.807) is 0 Å². The van der Waals surface area contributed by atoms with Crippen LogP contribution in [0.25, 0.3) is 0 Å². The van der Waals surface area contributed by atoms with Crippen LogP contribution in [0.2, 0.25) is 0 Å². The van der Waals surface area contributed by atoms with Crippen molar-refractivity contribution in [2.75, 3.05) is 39.3 Å². The molecule has 1 fully saturated rings. The van der Waals surface area contributed by atoms with Crippen LogP contribution in [0.15, 0.2) is 0 Å². The van der Waals surface area contributed by atoms with E-state index in [0.29, 0.717) is 19.4 Å². The lowest BCUT2D eigenvalue weighted by Crippen LogP contribution is -2.42. The third kappa shape index (κ3) is 8.96. The Hall–Kier alpha value is -1.18. The molecule has 0 unspecified atom stereocenters. The molecule has 0 spiro atoms. The lowest BCUT2D eigenvalue weighted by atomic mass is 10.2. The third-order valence-corrected chi connectivity index (χ3v) is 3.66. The number of carbonyl (C=O) groups is 2. The number of amides is 2. The zero-order valence-electron chi connectivity index (χ0n) is 13.5. The Labute approximate surface area is 133 Å². The zero-order chi connectivity index (χ0) is 16.0. The third-order valence-electron chi connectivity index (χ3n) is 3.66. The monoisotopic (exact) mass is 313 g/mol. The van der Waals surface area contributed by atoms with Gasteiger partial charge in [-0.25, -0.2) is 0 Å². The smallest absolute Gasteiger partial charge is 0.242 e. The van der Waals surface area contributed by atoms with Crippen LogP contribution in [-0.2, 0) is 9.59 Å². The van der Waals surface area contributed by atoms with Crippen molar-refractivity contribution in [3.63, 3.8) is 0 Å². The van der Waals surface area contributed by atoms with Gasteiger partial charge in [0.1, 0.15) is 6.04 Å². The Kier molecular flexibility index (Phi) is 10.6. The molecule has 1 atom stereocenters. The number of nitrogens with one attached hydrogen (secondary N) is 4. The number of unbranched alkanes of at least 4 members (excludes halogenated alkanes) is 1. The predicted molar refractivity (Wildman–Crippen MR) is 87.4 cm³/mol. The summed E-state index contributed by atoms with van der Waals surface area (Å²) in [5, 5.41) is 12.3. The molecule has 1 aliphatic heterocycles. The Balaban J connectivity index is 1.80. The van der Waals surface area contributed by atoms with Gasteiger partial charge in [-0.3, -0.25) is 9.59 Å². The maximum atomic E-state index is 11.7. The minimum absolute atomic E-state index is 0.0284. The molecule has 6 N–H and O–H groups in total. The van der Waals surface area contributed by atoms with Crippen molar-refractivity contribution in [2.45, 2.75) is 44.6 Å². The van der Waals surface area contributed by atoms with E-state index in [9.17, 15) is 9.59 Å². The molecule has 2 amide bonds. The van der Waals surface area contributed by atoms with E-state index in [1.165, 1.54) is 0 Å². The van der Waals surface area contributed by atoms with Gasteiger partial charge in [0.05, 0.1) is 0 Å². The molecule has 7 nitrogen and oxygen atoms in total. The summed E-state index contributed by atoms with van der Waals surface area (Å²) in [7, 11) is 0. The first kappa shape index (κ1) is 18.9. The Morgan fingerprint density at radius 1 is 1.05 bits per heavy atom. The molecule has 1 aliphatic rings. The number of hydrogen-bond donors (Lipinski definition) is 5. The summed E-state index contributed by atoms with van der Waals surface area (Å²) in [6.45, 7) is 5.36. The van der Waals surface area contributed by atoms with Gasteiger partial charge in [-0.15, -0.1) is 0 Å². The molecule has 0 bridgehead atoms. The standard InChI is InChI=1S/C15H31N5O2/c16-7-3-10-17-8-1-2-9-18-11-4-12-19-15(22)13-5-6-14(21)20-13/h13,17-18H,1-12,16H2,(H,19,22)(H,20,21)/t13-/m0/s1. The molecule has 0 saturated carbocycles. The van der Waals surface area contributed by atoms with Gasteiger partial charge >= 0.3 is 0 Å². The van der Waals surface area contributed by atoms with Crippen LogP contribution in [0.4, 0.5) is 0 Å². The van der Waals surface area contributed by atoms with Gasteiger partial charge < -0.3 is 27.0 Å². The van der Waals surface area contributed by atoms with Crippen molar-refractivity contribution in [3.8, 4) is 0 Å². The summed E-state index contributed by atoms with van der Waals surface area (Å²) < 4.78 is 0. The van der Waals surface area contributed by atoms with Crippen molar-refractivity contribution in [2.24, 2.45) is 5.73 Å². The molecule has 0 aliphatic carbocycles. The van der Waals surface area contributed by atoms with Gasteiger partial charge in [-0.1, -0.05) is 0 Å². The number of carbonyl (C=O) groups excluding carboxylic acids is 2. The minimum atomic E-state index is -0.327. The summed E-state index contributed by atoms with van der Waals surface area (Å²) in [6, 6.07) is -0.327. The first-order valence-corrected chi connectivity index (χ1v) is 8.42. The summed E-state index contributed by atoms with van der Waals surface area (Å²) in [4.78, 5) is 22.7. The maximum Gasteiger partial charge on any atom is 0.242 e. The van der Waals surface area contributed by atoms with Crippen molar-refractivity contribution < 1.29 is 9.59 Å². The van der Waals surface area contributed by atoms with Crippen LogP contribution in [0.5, 0.6) is 0 Å². The number of rotatable bonds is 13. The van der Waals surface area contributed by atoms with E-state index in [-0.39, 0.29) is 17.9 Å². The average molecular weight is 313 g/mol. The number of nitrogens with two attached hydrogens (primary N) is 1. The van der Waals surface area contributed by atoms with E-state index in [1.807, 2.05) is 0 Å². The van der Waals surface area contributed by atoms with Crippen LogP contribution in [-0.4, -0.2) is 57.1 Å². The molecule has 0 aromatic heterocycles. The molecule has 0 radical (unpaired) electrons. The van der Waals surface area contributed by atoms with Crippen molar-refractivity contribution >= 4 is 11.8 Å². The normalized spacial score (nSPS) is 17.5. The van der Waals surface area contributed by atoms with Crippen LogP contribution in [0.1, 0.15) is 38.5 Å². The fraction of sp³-hybridized carbons (Fsp3) is 0.867. The first-order valence-electron chi connectivity index (χ1n) is 8.42. The van der Waals surface area contributed by atoms with E-state index < -0.39 is 0 Å². The second-order valence-corrected chi connectivity index (χ2v) is 5.65. The number of hydrogen-bond acceptors (Lipinski definition) is 5. The largest absolute Gasteiger partial charge is 0.354 e. The maximum absolute atomic E-state index is 11.7. The Morgan fingerprint density at radius 2 is 1.68 bits per heavy atom. The zero-order valence-corrected chi connectivity index (χ0v) is 13.5. The topological polar surface area (TPSA) is 108 Å². The lowest BCUT2D eigenvalue weighted by molar-refractivity contribution is -0.125. The molecular formula is C15H31N5O2. The molecule has 1 saturated heterocycles. The highest BCUT2D eigenvalue weighted by Gasteiger charge is 2.26. The fourth-order valence-electron chi connectivity index (χ4n) is 2.34. The van der Waals surface area contributed by atoms with Crippen molar-refractivity contribution in [3.05, 3.63) is 0 Å². The Morgan fingerprint density at radius 3 is 2.27 bits per heavy atom. The van der Waals surface area contributed by atoms with Crippen LogP contribution >= 0.6 is 0 Å². The molecule has 7 heteroatoms.